The van der Waals surface area contributed by atoms with Gasteiger partial charge in [0.2, 0.25) is 0 Å². The van der Waals surface area contributed by atoms with Crippen LogP contribution in [0.1, 0.15) is 29.0 Å². The van der Waals surface area contributed by atoms with Gasteiger partial charge < -0.3 is 14.7 Å². The third-order valence-electron chi connectivity index (χ3n) is 5.02. The van der Waals surface area contributed by atoms with Crippen LogP contribution < -0.4 is 10.2 Å². The van der Waals surface area contributed by atoms with Crippen molar-refractivity contribution in [3.8, 4) is 11.3 Å². The van der Waals surface area contributed by atoms with E-state index in [1.807, 2.05) is 36.4 Å². The molecule has 6 nitrogen and oxygen atoms in total. The highest BCUT2D eigenvalue weighted by Crippen LogP contribution is 2.31. The number of nitrogens with zero attached hydrogens (tertiary/aromatic N) is 3. The van der Waals surface area contributed by atoms with Crippen molar-refractivity contribution in [1.82, 2.24) is 15.5 Å². The molecule has 0 radical (unpaired) electrons. The van der Waals surface area contributed by atoms with Crippen LogP contribution in [-0.2, 0) is 0 Å². The van der Waals surface area contributed by atoms with Gasteiger partial charge in [-0.05, 0) is 38.0 Å². The second-order valence-corrected chi connectivity index (χ2v) is 7.27. The van der Waals surface area contributed by atoms with Crippen LogP contribution in [-0.4, -0.2) is 35.2 Å². The number of nitrogens with one attached hydrogen (secondary N) is 1. The molecule has 3 aromatic rings. The Kier molecular flexibility index (Phi) is 5.30. The fourth-order valence-corrected chi connectivity index (χ4v) is 3.75. The third-order valence-corrected chi connectivity index (χ3v) is 5.35. The maximum absolute atomic E-state index is 13.0. The van der Waals surface area contributed by atoms with E-state index >= 15 is 0 Å². The van der Waals surface area contributed by atoms with Gasteiger partial charge in [0.05, 0.1) is 5.02 Å². The monoisotopic (exact) mass is 396 g/mol. The quantitative estimate of drug-likeness (QED) is 0.718. The van der Waals surface area contributed by atoms with E-state index in [-0.39, 0.29) is 11.9 Å². The lowest BCUT2D eigenvalue weighted by atomic mass is 10.0. The molecular formula is C21H21ClN4O2. The summed E-state index contributed by atoms with van der Waals surface area (Å²) in [6.07, 6.45) is 3.51. The van der Waals surface area contributed by atoms with Crippen molar-refractivity contribution in [3.63, 3.8) is 0 Å². The number of hydrogen-bond acceptors (Lipinski definition) is 5. The number of aromatic nitrogens is 2. The molecule has 1 saturated heterocycles. The number of benzene rings is 1. The molecule has 3 heterocycles. The largest absolute Gasteiger partial charge is 0.360 e. The Hall–Kier alpha value is -2.86. The molecule has 1 amide bonds. The lowest BCUT2D eigenvalue weighted by molar-refractivity contribution is 0.0930. The lowest BCUT2D eigenvalue weighted by Gasteiger charge is -2.33. The van der Waals surface area contributed by atoms with E-state index in [0.717, 1.165) is 31.7 Å². The van der Waals surface area contributed by atoms with Crippen LogP contribution in [0.3, 0.4) is 0 Å². The maximum atomic E-state index is 13.0. The zero-order valence-corrected chi connectivity index (χ0v) is 16.3. The van der Waals surface area contributed by atoms with Crippen molar-refractivity contribution in [2.45, 2.75) is 25.8 Å². The maximum Gasteiger partial charge on any atom is 0.257 e. The summed E-state index contributed by atoms with van der Waals surface area (Å²) >= 11 is 6.29. The van der Waals surface area contributed by atoms with Crippen molar-refractivity contribution in [2.75, 3.05) is 18.0 Å². The molecule has 28 heavy (non-hydrogen) atoms. The van der Waals surface area contributed by atoms with Gasteiger partial charge in [-0.15, -0.1) is 0 Å². The second kappa shape index (κ2) is 8.02. The normalized spacial score (nSPS) is 14.9. The molecule has 0 spiro atoms. The highest BCUT2D eigenvalue weighted by Gasteiger charge is 2.27. The predicted octanol–water partition coefficient (Wildman–Crippen LogP) is 4.10. The first-order valence-corrected chi connectivity index (χ1v) is 9.69. The Labute approximate surface area is 168 Å². The van der Waals surface area contributed by atoms with Gasteiger partial charge in [-0.3, -0.25) is 4.79 Å². The Bertz CT molecular complexity index is 966. The van der Waals surface area contributed by atoms with Gasteiger partial charge in [0.25, 0.3) is 5.91 Å². The van der Waals surface area contributed by atoms with Gasteiger partial charge >= 0.3 is 0 Å². The second-order valence-electron chi connectivity index (χ2n) is 6.86. The van der Waals surface area contributed by atoms with E-state index < -0.39 is 0 Å². The number of hydrogen-bond donors (Lipinski definition) is 1. The van der Waals surface area contributed by atoms with E-state index in [2.05, 4.69) is 20.4 Å². The van der Waals surface area contributed by atoms with E-state index in [9.17, 15) is 4.79 Å². The standard InChI is InChI=1S/C21H21ClN4O2/c1-14-19(20(25-28-14)16-6-2-3-7-17(16)22)21(27)24-15-9-12-26(13-10-15)18-8-4-5-11-23-18/h2-8,11,15H,9-10,12-13H2,1H3,(H,24,27). The minimum absolute atomic E-state index is 0.0980. The molecular weight excluding hydrogens is 376 g/mol. The van der Waals surface area contributed by atoms with Crippen molar-refractivity contribution in [3.05, 3.63) is 65.0 Å². The number of carbonyl (C=O) groups excluding carboxylic acids is 1. The summed E-state index contributed by atoms with van der Waals surface area (Å²) in [6.45, 7) is 3.44. The van der Waals surface area contributed by atoms with Gasteiger partial charge in [0, 0.05) is 30.9 Å². The van der Waals surface area contributed by atoms with Crippen molar-refractivity contribution in [1.29, 1.82) is 0 Å². The third kappa shape index (κ3) is 3.73. The van der Waals surface area contributed by atoms with E-state index in [0.29, 0.717) is 27.6 Å². The minimum Gasteiger partial charge on any atom is -0.360 e. The van der Waals surface area contributed by atoms with Crippen LogP contribution in [0, 0.1) is 6.92 Å². The molecule has 1 aliphatic heterocycles. The zero-order chi connectivity index (χ0) is 19.5. The van der Waals surface area contributed by atoms with Crippen LogP contribution in [0.5, 0.6) is 0 Å². The number of piperidine rings is 1. The topological polar surface area (TPSA) is 71.3 Å². The zero-order valence-electron chi connectivity index (χ0n) is 15.6. The molecule has 0 bridgehead atoms. The first-order chi connectivity index (χ1) is 13.6. The summed E-state index contributed by atoms with van der Waals surface area (Å²) < 4.78 is 5.30. The molecule has 7 heteroatoms. The van der Waals surface area contributed by atoms with Gasteiger partial charge in [0.1, 0.15) is 22.8 Å². The highest BCUT2D eigenvalue weighted by molar-refractivity contribution is 6.33. The fraction of sp³-hybridized carbons (Fsp3) is 0.286. The van der Waals surface area contributed by atoms with Crippen LogP contribution >= 0.6 is 11.6 Å². The molecule has 0 saturated carbocycles. The Morgan fingerprint density at radius 3 is 2.64 bits per heavy atom. The Morgan fingerprint density at radius 2 is 1.93 bits per heavy atom. The molecule has 2 aromatic heterocycles. The Morgan fingerprint density at radius 1 is 1.18 bits per heavy atom. The summed E-state index contributed by atoms with van der Waals surface area (Å²) in [7, 11) is 0. The van der Waals surface area contributed by atoms with Gasteiger partial charge in [-0.2, -0.15) is 0 Å². The van der Waals surface area contributed by atoms with E-state index in [1.54, 1.807) is 19.2 Å². The van der Waals surface area contributed by atoms with Crippen molar-refractivity contribution >= 4 is 23.3 Å². The molecule has 1 aliphatic rings. The SMILES string of the molecule is Cc1onc(-c2ccccc2Cl)c1C(=O)NC1CCN(c2ccccn2)CC1. The van der Waals surface area contributed by atoms with Crippen LogP contribution in [0.4, 0.5) is 5.82 Å². The van der Waals surface area contributed by atoms with Gasteiger partial charge in [-0.1, -0.05) is 41.0 Å². The van der Waals surface area contributed by atoms with Crippen molar-refractivity contribution in [2.24, 2.45) is 0 Å². The van der Waals surface area contributed by atoms with Crippen LogP contribution in [0.15, 0.2) is 53.2 Å². The van der Waals surface area contributed by atoms with E-state index in [4.69, 9.17) is 16.1 Å². The summed E-state index contributed by atoms with van der Waals surface area (Å²) in [4.78, 5) is 19.6. The first kappa shape index (κ1) is 18.5. The summed E-state index contributed by atoms with van der Waals surface area (Å²) in [5.74, 6) is 1.28. The van der Waals surface area contributed by atoms with Gasteiger partial charge in [0.15, 0.2) is 0 Å². The Balaban J connectivity index is 1.46. The van der Waals surface area contributed by atoms with Crippen molar-refractivity contribution < 1.29 is 9.32 Å². The summed E-state index contributed by atoms with van der Waals surface area (Å²) in [5, 5.41) is 7.75. The van der Waals surface area contributed by atoms with Crippen LogP contribution in [0.25, 0.3) is 11.3 Å². The number of pyridine rings is 1. The average molecular weight is 397 g/mol. The fourth-order valence-electron chi connectivity index (χ4n) is 3.53. The molecule has 0 atom stereocenters. The highest BCUT2D eigenvalue weighted by atomic mass is 35.5. The number of amides is 1. The predicted molar refractivity (Wildman–Crippen MR) is 109 cm³/mol. The van der Waals surface area contributed by atoms with Crippen LogP contribution in [0.2, 0.25) is 5.02 Å². The molecule has 1 aromatic carbocycles. The van der Waals surface area contributed by atoms with Gasteiger partial charge in [-0.25, -0.2) is 4.98 Å². The molecule has 0 aliphatic carbocycles. The number of carbonyl (C=O) groups is 1. The molecule has 1 fully saturated rings. The number of rotatable bonds is 4. The first-order valence-electron chi connectivity index (χ1n) is 9.31. The molecule has 144 valence electrons. The smallest absolute Gasteiger partial charge is 0.257 e. The van der Waals surface area contributed by atoms with E-state index in [1.165, 1.54) is 0 Å². The number of anilines is 1. The number of halogens is 1. The molecule has 1 N–H and O–H groups in total. The molecule has 0 unspecified atom stereocenters. The minimum atomic E-state index is -0.176. The summed E-state index contributed by atoms with van der Waals surface area (Å²) in [6, 6.07) is 13.3. The molecule has 4 rings (SSSR count). The average Bonchev–Trinajstić information content (AvgIpc) is 3.11. The lowest BCUT2D eigenvalue weighted by Crippen LogP contribution is -2.45. The summed E-state index contributed by atoms with van der Waals surface area (Å²) in [5.41, 5.74) is 1.61. The number of aryl methyl sites for hydroxylation is 1.